The molecule has 0 saturated carbocycles. The number of aromatic nitrogens is 2. The van der Waals surface area contributed by atoms with Crippen molar-refractivity contribution in [3.8, 4) is 11.5 Å². The van der Waals surface area contributed by atoms with E-state index in [1.165, 1.54) is 0 Å². The average Bonchev–Trinajstić information content (AvgIpc) is 3.46. The number of imidazole rings is 1. The van der Waals surface area contributed by atoms with E-state index in [1.807, 2.05) is 42.5 Å². The molecule has 2 aliphatic rings. The molecule has 0 fully saturated rings. The third-order valence-corrected chi connectivity index (χ3v) is 6.98. The molecule has 0 amide bonds. The summed E-state index contributed by atoms with van der Waals surface area (Å²) in [5.41, 5.74) is 4.25. The van der Waals surface area contributed by atoms with Gasteiger partial charge in [-0.1, -0.05) is 48.2 Å². The van der Waals surface area contributed by atoms with Crippen LogP contribution in [0.4, 0.5) is 5.69 Å². The second-order valence-corrected chi connectivity index (χ2v) is 8.56. The summed E-state index contributed by atoms with van der Waals surface area (Å²) in [5, 5.41) is 8.34. The van der Waals surface area contributed by atoms with Gasteiger partial charge >= 0.3 is 0 Å². The van der Waals surface area contributed by atoms with E-state index in [-0.39, 0.29) is 11.3 Å². The number of hydrogen-bond acceptors (Lipinski definition) is 6. The van der Waals surface area contributed by atoms with Crippen molar-refractivity contribution in [3.05, 3.63) is 78.4 Å². The van der Waals surface area contributed by atoms with E-state index in [0.717, 1.165) is 39.0 Å². The van der Waals surface area contributed by atoms with Gasteiger partial charge in [-0.3, -0.25) is 9.58 Å². The molecule has 0 bridgehead atoms. The lowest BCUT2D eigenvalue weighted by Crippen LogP contribution is -2.27. The summed E-state index contributed by atoms with van der Waals surface area (Å²) >= 11 is 1.76. The first-order chi connectivity index (χ1) is 15.3. The molecule has 3 aromatic carbocycles. The maximum Gasteiger partial charge on any atom is 0.175 e. The lowest BCUT2D eigenvalue weighted by Gasteiger charge is -2.27. The standard InChI is InChI=1S/C24H20N4O2S/c1-29-19-13-12-15(14-20(19)30-2)21-22-23(26-28(21)16-8-4-3-5-9-16)27-18-11-7-6-10-17(18)25-24(27)31-22/h3-14,21-22H,1-2H3. The smallest absolute Gasteiger partial charge is 0.175 e. The van der Waals surface area contributed by atoms with Gasteiger partial charge in [0.25, 0.3) is 0 Å². The van der Waals surface area contributed by atoms with Crippen molar-refractivity contribution in [1.29, 1.82) is 0 Å². The van der Waals surface area contributed by atoms with E-state index in [1.54, 1.807) is 26.0 Å². The van der Waals surface area contributed by atoms with Crippen molar-refractivity contribution in [2.24, 2.45) is 5.10 Å². The lowest BCUT2D eigenvalue weighted by molar-refractivity contribution is 0.354. The molecule has 154 valence electrons. The molecule has 0 aliphatic carbocycles. The molecule has 7 heteroatoms. The number of methoxy groups -OCH3 is 2. The van der Waals surface area contributed by atoms with E-state index in [9.17, 15) is 0 Å². The zero-order valence-electron chi connectivity index (χ0n) is 17.1. The largest absolute Gasteiger partial charge is 0.493 e. The second-order valence-electron chi connectivity index (χ2n) is 7.45. The molecule has 4 aromatic rings. The summed E-state index contributed by atoms with van der Waals surface area (Å²) < 4.78 is 13.2. The van der Waals surface area contributed by atoms with Crippen LogP contribution in [0.1, 0.15) is 11.6 Å². The number of hydrogen-bond donors (Lipinski definition) is 0. The molecule has 6 rings (SSSR count). The third kappa shape index (κ3) is 2.73. The third-order valence-electron chi connectivity index (χ3n) is 5.78. The van der Waals surface area contributed by atoms with Gasteiger partial charge in [0, 0.05) is 0 Å². The Labute approximate surface area is 184 Å². The molecule has 2 atom stereocenters. The van der Waals surface area contributed by atoms with Crippen LogP contribution in [0.2, 0.25) is 0 Å². The maximum absolute atomic E-state index is 5.59. The Morgan fingerprint density at radius 1 is 0.871 bits per heavy atom. The minimum Gasteiger partial charge on any atom is -0.493 e. The average molecular weight is 429 g/mol. The highest BCUT2D eigenvalue weighted by atomic mass is 32.2. The molecule has 0 spiro atoms. The number of rotatable bonds is 4. The topological polar surface area (TPSA) is 51.9 Å². The number of ether oxygens (including phenoxy) is 2. The van der Waals surface area contributed by atoms with Crippen molar-refractivity contribution in [3.63, 3.8) is 0 Å². The van der Waals surface area contributed by atoms with Crippen LogP contribution in [0, 0.1) is 0 Å². The molecule has 31 heavy (non-hydrogen) atoms. The van der Waals surface area contributed by atoms with Crippen LogP contribution < -0.4 is 14.5 Å². The monoisotopic (exact) mass is 428 g/mol. The molecule has 1 aromatic heterocycles. The van der Waals surface area contributed by atoms with E-state index < -0.39 is 0 Å². The Morgan fingerprint density at radius 2 is 1.65 bits per heavy atom. The first-order valence-corrected chi connectivity index (χ1v) is 11.0. The quantitative estimate of drug-likeness (QED) is 0.460. The lowest BCUT2D eigenvalue weighted by atomic mass is 10.0. The molecule has 2 unspecified atom stereocenters. The Hall–Kier alpha value is -3.45. The van der Waals surface area contributed by atoms with Gasteiger partial charge in [0.2, 0.25) is 0 Å². The first-order valence-electron chi connectivity index (χ1n) is 10.1. The van der Waals surface area contributed by atoms with Crippen molar-refractivity contribution in [1.82, 2.24) is 9.55 Å². The number of fused-ring (bicyclic) bond motifs is 5. The fourth-order valence-electron chi connectivity index (χ4n) is 4.36. The minimum atomic E-state index is 0.00247. The van der Waals surface area contributed by atoms with Crippen LogP contribution in [0.5, 0.6) is 11.5 Å². The molecule has 0 saturated heterocycles. The highest BCUT2D eigenvalue weighted by Crippen LogP contribution is 2.49. The van der Waals surface area contributed by atoms with Crippen molar-refractivity contribution in [2.75, 3.05) is 19.2 Å². The molecule has 2 aliphatic heterocycles. The number of thioether (sulfide) groups is 1. The first kappa shape index (κ1) is 18.3. The van der Waals surface area contributed by atoms with Gasteiger partial charge in [-0.2, -0.15) is 5.10 Å². The zero-order valence-corrected chi connectivity index (χ0v) is 17.9. The second kappa shape index (κ2) is 7.06. The Bertz CT molecular complexity index is 1320. The van der Waals surface area contributed by atoms with E-state index in [4.69, 9.17) is 19.6 Å². The summed E-state index contributed by atoms with van der Waals surface area (Å²) in [5.74, 6) is 2.44. The van der Waals surface area contributed by atoms with E-state index in [0.29, 0.717) is 5.75 Å². The van der Waals surface area contributed by atoms with Gasteiger partial charge < -0.3 is 9.47 Å². The molecule has 3 heterocycles. The SMILES string of the molecule is COc1ccc(C2C3Sc4nc5ccccc5n4C3=NN2c2ccccc2)cc1OC. The molecule has 0 N–H and O–H groups in total. The van der Waals surface area contributed by atoms with Gasteiger partial charge in [-0.05, 0) is 42.0 Å². The molecule has 0 radical (unpaired) electrons. The summed E-state index contributed by atoms with van der Waals surface area (Å²) in [6.45, 7) is 0. The van der Waals surface area contributed by atoms with Crippen LogP contribution >= 0.6 is 11.8 Å². The Balaban J connectivity index is 1.51. The zero-order chi connectivity index (χ0) is 20.9. The van der Waals surface area contributed by atoms with Crippen LogP contribution in [0.25, 0.3) is 11.0 Å². The predicted molar refractivity (Wildman–Crippen MR) is 123 cm³/mol. The number of hydrazone groups is 1. The molecular weight excluding hydrogens is 408 g/mol. The Morgan fingerprint density at radius 3 is 2.45 bits per heavy atom. The van der Waals surface area contributed by atoms with Crippen LogP contribution in [-0.4, -0.2) is 34.9 Å². The number of para-hydroxylation sites is 3. The van der Waals surface area contributed by atoms with Crippen LogP contribution in [-0.2, 0) is 0 Å². The molecular formula is C24H20N4O2S. The van der Waals surface area contributed by atoms with Crippen molar-refractivity contribution >= 4 is 34.3 Å². The highest BCUT2D eigenvalue weighted by Gasteiger charge is 2.46. The van der Waals surface area contributed by atoms with Gasteiger partial charge in [0.05, 0.1) is 42.2 Å². The summed E-state index contributed by atoms with van der Waals surface area (Å²) in [7, 11) is 3.32. The van der Waals surface area contributed by atoms with E-state index >= 15 is 0 Å². The summed E-state index contributed by atoms with van der Waals surface area (Å²) in [6.07, 6.45) is 0. The fraction of sp³-hybridized carbons (Fsp3) is 0.167. The predicted octanol–water partition coefficient (Wildman–Crippen LogP) is 4.95. The van der Waals surface area contributed by atoms with Crippen molar-refractivity contribution < 1.29 is 9.47 Å². The summed E-state index contributed by atoms with van der Waals surface area (Å²) in [6, 6.07) is 24.6. The van der Waals surface area contributed by atoms with Crippen molar-refractivity contribution in [2.45, 2.75) is 16.4 Å². The van der Waals surface area contributed by atoms with Gasteiger partial charge in [-0.25, -0.2) is 4.98 Å². The van der Waals surface area contributed by atoms with Crippen LogP contribution in [0.3, 0.4) is 0 Å². The minimum absolute atomic E-state index is 0.00247. The number of anilines is 1. The number of benzene rings is 3. The summed E-state index contributed by atoms with van der Waals surface area (Å²) in [4.78, 5) is 4.84. The van der Waals surface area contributed by atoms with Gasteiger partial charge in [-0.15, -0.1) is 0 Å². The van der Waals surface area contributed by atoms with Gasteiger partial charge in [0.1, 0.15) is 0 Å². The van der Waals surface area contributed by atoms with Gasteiger partial charge in [0.15, 0.2) is 22.5 Å². The Kier molecular flexibility index (Phi) is 4.17. The molecule has 6 nitrogen and oxygen atoms in total. The highest BCUT2D eigenvalue weighted by molar-refractivity contribution is 8.01. The van der Waals surface area contributed by atoms with Crippen LogP contribution in [0.15, 0.2) is 83.1 Å². The number of nitrogens with zero attached hydrogens (tertiary/aromatic N) is 4. The normalized spacial score (nSPS) is 19.3. The maximum atomic E-state index is 5.59. The fourth-order valence-corrected chi connectivity index (χ4v) is 5.69. The van der Waals surface area contributed by atoms with E-state index in [2.05, 4.69) is 39.9 Å².